The van der Waals surface area contributed by atoms with Crippen LogP contribution in [-0.4, -0.2) is 35.0 Å². The van der Waals surface area contributed by atoms with Crippen molar-refractivity contribution in [2.45, 2.75) is 40.2 Å². The van der Waals surface area contributed by atoms with Gasteiger partial charge in [0.15, 0.2) is 0 Å². The van der Waals surface area contributed by atoms with Crippen molar-refractivity contribution in [1.82, 2.24) is 9.88 Å². The zero-order valence-electron chi connectivity index (χ0n) is 12.6. The summed E-state index contributed by atoms with van der Waals surface area (Å²) >= 11 is 0. The van der Waals surface area contributed by atoms with Crippen LogP contribution < -0.4 is 4.74 Å². The first kappa shape index (κ1) is 14.6. The third-order valence-corrected chi connectivity index (χ3v) is 3.23. The van der Waals surface area contributed by atoms with Crippen molar-refractivity contribution in [1.29, 1.82) is 0 Å². The van der Waals surface area contributed by atoms with Gasteiger partial charge in [-0.1, -0.05) is 5.57 Å². The molecule has 0 radical (unpaired) electrons. The number of likely N-dealkylation sites (tertiary alicyclic amines) is 1. The molecule has 108 valence electrons. The number of aryl methyl sites for hydroxylation is 2. The summed E-state index contributed by atoms with van der Waals surface area (Å²) in [6.45, 7) is 9.23. The van der Waals surface area contributed by atoms with Gasteiger partial charge in [-0.05, 0) is 39.3 Å². The van der Waals surface area contributed by atoms with Crippen LogP contribution in [-0.2, 0) is 4.79 Å². The molecule has 1 saturated heterocycles. The van der Waals surface area contributed by atoms with Crippen LogP contribution in [0.15, 0.2) is 23.8 Å². The van der Waals surface area contributed by atoms with Gasteiger partial charge in [-0.25, -0.2) is 4.98 Å². The first-order valence-electron chi connectivity index (χ1n) is 7.00. The summed E-state index contributed by atoms with van der Waals surface area (Å²) in [6.07, 6.45) is 2.58. The molecule has 0 unspecified atom stereocenters. The summed E-state index contributed by atoms with van der Waals surface area (Å²) in [5.41, 5.74) is 3.12. The van der Waals surface area contributed by atoms with Gasteiger partial charge in [-0.15, -0.1) is 0 Å². The lowest BCUT2D eigenvalue weighted by Gasteiger charge is -2.16. The number of pyridine rings is 1. The van der Waals surface area contributed by atoms with Gasteiger partial charge in [0.1, 0.15) is 6.10 Å². The molecule has 1 aliphatic rings. The van der Waals surface area contributed by atoms with Crippen LogP contribution in [0, 0.1) is 13.8 Å². The van der Waals surface area contributed by atoms with Gasteiger partial charge in [0, 0.05) is 30.8 Å². The van der Waals surface area contributed by atoms with E-state index < -0.39 is 0 Å². The predicted molar refractivity (Wildman–Crippen MR) is 78.8 cm³/mol. The summed E-state index contributed by atoms with van der Waals surface area (Å²) in [4.78, 5) is 18.2. The second kappa shape index (κ2) is 6.07. The minimum absolute atomic E-state index is 0.0400. The van der Waals surface area contributed by atoms with Crippen molar-refractivity contribution in [3.8, 4) is 5.88 Å². The Balaban J connectivity index is 1.96. The van der Waals surface area contributed by atoms with Crippen molar-refractivity contribution >= 4 is 5.91 Å². The van der Waals surface area contributed by atoms with E-state index in [1.54, 1.807) is 6.08 Å². The molecule has 4 heteroatoms. The number of carbonyl (C=O) groups excluding carboxylic acids is 1. The number of hydrogen-bond acceptors (Lipinski definition) is 3. The third-order valence-electron chi connectivity index (χ3n) is 3.23. The molecule has 1 atom stereocenters. The number of allylic oxidation sites excluding steroid dienone is 1. The Hall–Kier alpha value is -1.84. The summed E-state index contributed by atoms with van der Waals surface area (Å²) in [5.74, 6) is 0.730. The highest BCUT2D eigenvalue weighted by atomic mass is 16.5. The van der Waals surface area contributed by atoms with Crippen molar-refractivity contribution in [2.75, 3.05) is 13.1 Å². The van der Waals surface area contributed by atoms with Crippen molar-refractivity contribution in [3.05, 3.63) is 35.0 Å². The average Bonchev–Trinajstić information content (AvgIpc) is 2.75. The van der Waals surface area contributed by atoms with Gasteiger partial charge in [0.25, 0.3) is 0 Å². The lowest BCUT2D eigenvalue weighted by molar-refractivity contribution is -0.125. The second-order valence-corrected chi connectivity index (χ2v) is 5.66. The Labute approximate surface area is 120 Å². The highest BCUT2D eigenvalue weighted by Gasteiger charge is 2.26. The first-order chi connectivity index (χ1) is 9.44. The summed E-state index contributed by atoms with van der Waals surface area (Å²) in [5, 5.41) is 0. The van der Waals surface area contributed by atoms with Crippen LogP contribution in [0.5, 0.6) is 5.88 Å². The number of rotatable bonds is 3. The molecule has 1 amide bonds. The molecule has 0 aromatic carbocycles. The molecule has 4 nitrogen and oxygen atoms in total. The van der Waals surface area contributed by atoms with E-state index in [1.165, 1.54) is 0 Å². The number of aromatic nitrogens is 1. The average molecular weight is 274 g/mol. The molecule has 0 bridgehead atoms. The Morgan fingerprint density at radius 3 is 2.80 bits per heavy atom. The van der Waals surface area contributed by atoms with E-state index in [0.29, 0.717) is 12.4 Å². The molecule has 1 aromatic rings. The molecule has 1 aliphatic heterocycles. The number of hydrogen-bond donors (Lipinski definition) is 0. The lowest BCUT2D eigenvalue weighted by atomic mass is 10.2. The van der Waals surface area contributed by atoms with Crippen molar-refractivity contribution in [3.63, 3.8) is 0 Å². The van der Waals surface area contributed by atoms with E-state index in [0.717, 1.165) is 29.8 Å². The second-order valence-electron chi connectivity index (χ2n) is 5.66. The van der Waals surface area contributed by atoms with Gasteiger partial charge < -0.3 is 9.64 Å². The molecule has 1 aromatic heterocycles. The molecule has 20 heavy (non-hydrogen) atoms. The van der Waals surface area contributed by atoms with Crippen LogP contribution in [0.3, 0.4) is 0 Å². The summed E-state index contributed by atoms with van der Waals surface area (Å²) in [6, 6.07) is 3.96. The fraction of sp³-hybridized carbons (Fsp3) is 0.500. The van der Waals surface area contributed by atoms with E-state index in [2.05, 4.69) is 4.98 Å². The molecular weight excluding hydrogens is 252 g/mol. The summed E-state index contributed by atoms with van der Waals surface area (Å²) in [7, 11) is 0. The SMILES string of the molecule is CC(C)=CC(=O)N1CC[C@@H](Oc2cc(C)cc(C)n2)C1. The quantitative estimate of drug-likeness (QED) is 0.796. The normalized spacial score (nSPS) is 18.0. The Kier molecular flexibility index (Phi) is 4.42. The topological polar surface area (TPSA) is 42.4 Å². The van der Waals surface area contributed by atoms with Crippen molar-refractivity contribution in [2.24, 2.45) is 0 Å². The van der Waals surface area contributed by atoms with Gasteiger partial charge in [-0.2, -0.15) is 0 Å². The maximum absolute atomic E-state index is 11.9. The number of nitrogens with zero attached hydrogens (tertiary/aromatic N) is 2. The zero-order valence-corrected chi connectivity index (χ0v) is 12.6. The predicted octanol–water partition coefficient (Wildman–Crippen LogP) is 2.64. The van der Waals surface area contributed by atoms with Gasteiger partial charge in [-0.3, -0.25) is 4.79 Å². The lowest BCUT2D eigenvalue weighted by Crippen LogP contribution is -2.29. The van der Waals surface area contributed by atoms with Crippen LogP contribution in [0.2, 0.25) is 0 Å². The third kappa shape index (κ3) is 3.83. The molecule has 0 saturated carbocycles. The monoisotopic (exact) mass is 274 g/mol. The smallest absolute Gasteiger partial charge is 0.246 e. The van der Waals surface area contributed by atoms with Gasteiger partial charge >= 0.3 is 0 Å². The van der Waals surface area contributed by atoms with E-state index in [1.807, 2.05) is 44.7 Å². The molecule has 0 N–H and O–H groups in total. The van der Waals surface area contributed by atoms with Crippen molar-refractivity contribution < 1.29 is 9.53 Å². The van der Waals surface area contributed by atoms with Crippen LogP contribution >= 0.6 is 0 Å². The Morgan fingerprint density at radius 2 is 2.15 bits per heavy atom. The molecule has 0 spiro atoms. The fourth-order valence-electron chi connectivity index (χ4n) is 2.40. The van der Waals surface area contributed by atoms with E-state index in [4.69, 9.17) is 4.74 Å². The Bertz CT molecular complexity index is 513. The highest BCUT2D eigenvalue weighted by molar-refractivity contribution is 5.88. The minimum atomic E-state index is 0.0400. The number of carbonyl (C=O) groups is 1. The zero-order chi connectivity index (χ0) is 14.7. The van der Waals surface area contributed by atoms with Crippen LogP contribution in [0.25, 0.3) is 0 Å². The van der Waals surface area contributed by atoms with Crippen LogP contribution in [0.4, 0.5) is 0 Å². The summed E-state index contributed by atoms with van der Waals surface area (Å²) < 4.78 is 5.90. The minimum Gasteiger partial charge on any atom is -0.472 e. The van der Waals surface area contributed by atoms with E-state index in [-0.39, 0.29) is 12.0 Å². The number of ether oxygens (including phenoxy) is 1. The van der Waals surface area contributed by atoms with Crippen LogP contribution in [0.1, 0.15) is 31.5 Å². The van der Waals surface area contributed by atoms with E-state index >= 15 is 0 Å². The van der Waals surface area contributed by atoms with Gasteiger partial charge in [0.05, 0.1) is 6.54 Å². The molecular formula is C16H22N2O2. The highest BCUT2D eigenvalue weighted by Crippen LogP contribution is 2.18. The van der Waals surface area contributed by atoms with E-state index in [9.17, 15) is 4.79 Å². The van der Waals surface area contributed by atoms with Gasteiger partial charge in [0.2, 0.25) is 11.8 Å². The molecule has 0 aliphatic carbocycles. The number of amides is 1. The maximum Gasteiger partial charge on any atom is 0.246 e. The maximum atomic E-state index is 11.9. The molecule has 2 rings (SSSR count). The largest absolute Gasteiger partial charge is 0.472 e. The standard InChI is InChI=1S/C16H22N2O2/c1-11(2)7-16(19)18-6-5-14(10-18)20-15-9-12(3)8-13(4)17-15/h7-9,14H,5-6,10H2,1-4H3/t14-/m1/s1. The fourth-order valence-corrected chi connectivity index (χ4v) is 2.40. The molecule has 1 fully saturated rings. The Morgan fingerprint density at radius 1 is 1.40 bits per heavy atom. The first-order valence-corrected chi connectivity index (χ1v) is 7.00. The molecule has 2 heterocycles.